The number of para-hydroxylation sites is 1. The van der Waals surface area contributed by atoms with Gasteiger partial charge in [-0.1, -0.05) is 59.8 Å². The number of pyridine rings is 1. The molecule has 7 heteroatoms. The Morgan fingerprint density at radius 1 is 0.812 bits per heavy atom. The average Bonchev–Trinajstić information content (AvgIpc) is 3.30. The van der Waals surface area contributed by atoms with Gasteiger partial charge in [0, 0.05) is 29.0 Å². The first-order chi connectivity index (χ1) is 15.8. The summed E-state index contributed by atoms with van der Waals surface area (Å²) in [4.78, 5) is 21.2. The molecule has 32 heavy (non-hydrogen) atoms. The molecule has 0 radical (unpaired) electrons. The minimum Gasteiger partial charge on any atom is -0.339 e. The van der Waals surface area contributed by atoms with Crippen LogP contribution in [-0.4, -0.2) is 21.2 Å². The fourth-order valence-electron chi connectivity index (χ4n) is 3.51. The van der Waals surface area contributed by atoms with Crippen LogP contribution in [0.15, 0.2) is 95.8 Å². The molecule has 2 heterocycles. The summed E-state index contributed by atoms with van der Waals surface area (Å²) in [6.45, 7) is 0. The van der Waals surface area contributed by atoms with Crippen molar-refractivity contribution in [3.8, 4) is 11.4 Å². The van der Waals surface area contributed by atoms with Gasteiger partial charge in [-0.3, -0.25) is 4.98 Å². The van der Waals surface area contributed by atoms with Crippen molar-refractivity contribution in [3.05, 3.63) is 103 Å². The van der Waals surface area contributed by atoms with Gasteiger partial charge in [-0.25, -0.2) is 4.79 Å². The first kappa shape index (κ1) is 19.4. The van der Waals surface area contributed by atoms with Crippen LogP contribution in [0.1, 0.15) is 11.5 Å². The summed E-state index contributed by atoms with van der Waals surface area (Å²) in [7, 11) is 0. The zero-order valence-corrected chi connectivity index (χ0v) is 17.0. The SMILES string of the molecule is O=C(Nc1ccccc1Cc1nc(-c2ccncc2)no1)Nc1cccc2ccccc12. The molecule has 5 rings (SSSR count). The van der Waals surface area contributed by atoms with Crippen molar-refractivity contribution in [2.45, 2.75) is 6.42 Å². The molecule has 7 nitrogen and oxygen atoms in total. The second-order valence-corrected chi connectivity index (χ2v) is 7.19. The maximum atomic E-state index is 12.7. The number of urea groups is 1. The van der Waals surface area contributed by atoms with Crippen molar-refractivity contribution >= 4 is 28.2 Å². The van der Waals surface area contributed by atoms with Gasteiger partial charge in [-0.05, 0) is 35.2 Å². The molecule has 2 aromatic heterocycles. The minimum absolute atomic E-state index is 0.322. The highest BCUT2D eigenvalue weighted by Crippen LogP contribution is 2.24. The van der Waals surface area contributed by atoms with E-state index < -0.39 is 0 Å². The summed E-state index contributed by atoms with van der Waals surface area (Å²) in [5.74, 6) is 0.960. The quantitative estimate of drug-likeness (QED) is 0.390. The number of aromatic nitrogens is 3. The van der Waals surface area contributed by atoms with Crippen molar-refractivity contribution in [2.75, 3.05) is 10.6 Å². The van der Waals surface area contributed by atoms with Gasteiger partial charge in [-0.15, -0.1) is 0 Å². The third kappa shape index (κ3) is 4.17. The van der Waals surface area contributed by atoms with Crippen LogP contribution in [0.25, 0.3) is 22.2 Å². The topological polar surface area (TPSA) is 92.9 Å². The van der Waals surface area contributed by atoms with Crippen LogP contribution < -0.4 is 10.6 Å². The van der Waals surface area contributed by atoms with Crippen LogP contribution in [0.2, 0.25) is 0 Å². The Kier molecular flexibility index (Phi) is 5.28. The molecule has 0 fully saturated rings. The third-order valence-corrected chi connectivity index (χ3v) is 5.05. The molecule has 2 N–H and O–H groups in total. The molecular formula is C25H19N5O2. The first-order valence-electron chi connectivity index (χ1n) is 10.1. The van der Waals surface area contributed by atoms with E-state index >= 15 is 0 Å². The van der Waals surface area contributed by atoms with Crippen LogP contribution in [0.4, 0.5) is 16.2 Å². The lowest BCUT2D eigenvalue weighted by molar-refractivity contribution is 0.262. The van der Waals surface area contributed by atoms with Crippen LogP contribution >= 0.6 is 0 Å². The van der Waals surface area contributed by atoms with Crippen molar-refractivity contribution < 1.29 is 9.32 Å². The molecule has 0 aliphatic heterocycles. The summed E-state index contributed by atoms with van der Waals surface area (Å²) in [5.41, 5.74) is 3.12. The second-order valence-electron chi connectivity index (χ2n) is 7.19. The lowest BCUT2D eigenvalue weighted by atomic mass is 10.1. The number of rotatable bonds is 5. The molecule has 0 atom stereocenters. The molecule has 3 aromatic carbocycles. The zero-order chi connectivity index (χ0) is 21.8. The Hall–Kier alpha value is -4.52. The molecule has 0 bridgehead atoms. The van der Waals surface area contributed by atoms with E-state index in [1.807, 2.05) is 78.9 Å². The summed E-state index contributed by atoms with van der Waals surface area (Å²) in [6.07, 6.45) is 3.75. The number of anilines is 2. The van der Waals surface area contributed by atoms with Gasteiger partial charge in [0.25, 0.3) is 0 Å². The standard InChI is InChI=1S/C25H19N5O2/c31-25(28-22-11-5-8-17-6-1-3-9-20(17)22)27-21-10-4-2-7-19(21)16-23-29-24(30-32-23)18-12-14-26-15-13-18/h1-15H,16H2,(H2,27,28,31). The van der Waals surface area contributed by atoms with Crippen molar-refractivity contribution in [1.82, 2.24) is 15.1 Å². The number of benzene rings is 3. The lowest BCUT2D eigenvalue weighted by Gasteiger charge is -2.12. The lowest BCUT2D eigenvalue weighted by Crippen LogP contribution is -2.20. The van der Waals surface area contributed by atoms with Crippen LogP contribution in [-0.2, 0) is 6.42 Å². The van der Waals surface area contributed by atoms with Crippen LogP contribution in [0, 0.1) is 0 Å². The highest BCUT2D eigenvalue weighted by molar-refractivity contribution is 6.06. The predicted molar refractivity (Wildman–Crippen MR) is 123 cm³/mol. The predicted octanol–water partition coefficient (Wildman–Crippen LogP) is 5.52. The molecule has 0 spiro atoms. The van der Waals surface area contributed by atoms with Gasteiger partial charge in [0.1, 0.15) is 0 Å². The highest BCUT2D eigenvalue weighted by Gasteiger charge is 2.13. The largest absolute Gasteiger partial charge is 0.339 e. The summed E-state index contributed by atoms with van der Waals surface area (Å²) in [5, 5.41) is 12.0. The molecule has 2 amide bonds. The Morgan fingerprint density at radius 3 is 2.44 bits per heavy atom. The van der Waals surface area contributed by atoms with E-state index in [-0.39, 0.29) is 6.03 Å². The molecule has 0 saturated carbocycles. The fraction of sp³-hybridized carbons (Fsp3) is 0.0400. The molecule has 0 aliphatic rings. The van der Waals surface area contributed by atoms with E-state index in [0.29, 0.717) is 23.8 Å². The Labute approximate surface area is 184 Å². The van der Waals surface area contributed by atoms with Gasteiger partial charge in [0.05, 0.1) is 12.1 Å². The molecule has 5 aromatic rings. The van der Waals surface area contributed by atoms with Gasteiger partial charge in [0.15, 0.2) is 0 Å². The fourth-order valence-corrected chi connectivity index (χ4v) is 3.51. The van der Waals surface area contributed by atoms with Crippen LogP contribution in [0.3, 0.4) is 0 Å². The van der Waals surface area contributed by atoms with Gasteiger partial charge >= 0.3 is 6.03 Å². The van der Waals surface area contributed by atoms with E-state index in [1.54, 1.807) is 12.4 Å². The number of carbonyl (C=O) groups excluding carboxylic acids is 1. The second kappa shape index (κ2) is 8.69. The number of fused-ring (bicyclic) bond motifs is 1. The molecule has 0 unspecified atom stereocenters. The maximum Gasteiger partial charge on any atom is 0.323 e. The molecule has 0 saturated heterocycles. The van der Waals surface area contributed by atoms with Crippen molar-refractivity contribution in [3.63, 3.8) is 0 Å². The normalized spacial score (nSPS) is 10.8. The van der Waals surface area contributed by atoms with E-state index in [2.05, 4.69) is 25.8 Å². The zero-order valence-electron chi connectivity index (χ0n) is 17.0. The van der Waals surface area contributed by atoms with Crippen LogP contribution in [0.5, 0.6) is 0 Å². The highest BCUT2D eigenvalue weighted by atomic mass is 16.5. The number of nitrogens with zero attached hydrogens (tertiary/aromatic N) is 3. The Balaban J connectivity index is 1.33. The average molecular weight is 421 g/mol. The van der Waals surface area contributed by atoms with E-state index in [9.17, 15) is 4.79 Å². The molecular weight excluding hydrogens is 402 g/mol. The smallest absolute Gasteiger partial charge is 0.323 e. The van der Waals surface area contributed by atoms with Gasteiger partial charge < -0.3 is 15.2 Å². The number of amides is 2. The Bertz CT molecular complexity index is 1380. The van der Waals surface area contributed by atoms with E-state index in [1.165, 1.54) is 0 Å². The van der Waals surface area contributed by atoms with E-state index in [4.69, 9.17) is 4.52 Å². The van der Waals surface area contributed by atoms with Gasteiger partial charge in [0.2, 0.25) is 11.7 Å². The van der Waals surface area contributed by atoms with Crippen molar-refractivity contribution in [2.24, 2.45) is 0 Å². The number of hydrogen-bond donors (Lipinski definition) is 2. The summed E-state index contributed by atoms with van der Waals surface area (Å²) in [6, 6.07) is 24.6. The number of hydrogen-bond acceptors (Lipinski definition) is 5. The maximum absolute atomic E-state index is 12.7. The first-order valence-corrected chi connectivity index (χ1v) is 10.1. The monoisotopic (exact) mass is 421 g/mol. The van der Waals surface area contributed by atoms with E-state index in [0.717, 1.165) is 27.6 Å². The van der Waals surface area contributed by atoms with Crippen molar-refractivity contribution in [1.29, 1.82) is 0 Å². The number of carbonyl (C=O) groups is 1. The molecule has 156 valence electrons. The summed E-state index contributed by atoms with van der Waals surface area (Å²) >= 11 is 0. The third-order valence-electron chi connectivity index (χ3n) is 5.05. The summed E-state index contributed by atoms with van der Waals surface area (Å²) < 4.78 is 5.42. The number of nitrogens with one attached hydrogen (secondary N) is 2. The Morgan fingerprint density at radius 2 is 1.53 bits per heavy atom. The molecule has 0 aliphatic carbocycles. The van der Waals surface area contributed by atoms with Gasteiger partial charge in [-0.2, -0.15) is 4.98 Å². The minimum atomic E-state index is -0.322.